The van der Waals surface area contributed by atoms with Crippen LogP contribution in [-0.4, -0.2) is 11.8 Å². The highest BCUT2D eigenvalue weighted by Gasteiger charge is 2.12. The first-order valence-corrected chi connectivity index (χ1v) is 7.91. The lowest BCUT2D eigenvalue weighted by atomic mass is 10.1. The SMILES string of the molecule is CC(=O)N/C(=C\c1ccccc1C)C(=O)NCc1ccccc1Cl. The summed E-state index contributed by atoms with van der Waals surface area (Å²) in [7, 11) is 0. The predicted molar refractivity (Wildman–Crippen MR) is 96.3 cm³/mol. The molecule has 0 heterocycles. The molecule has 2 rings (SSSR count). The molecule has 2 aromatic carbocycles. The van der Waals surface area contributed by atoms with Gasteiger partial charge in [-0.25, -0.2) is 0 Å². The van der Waals surface area contributed by atoms with Gasteiger partial charge in [0.05, 0.1) is 0 Å². The zero-order valence-electron chi connectivity index (χ0n) is 13.6. The Bertz CT molecular complexity index is 784. The molecular formula is C19H19ClN2O2. The molecule has 5 heteroatoms. The predicted octanol–water partition coefficient (Wildman–Crippen LogP) is 3.44. The summed E-state index contributed by atoms with van der Waals surface area (Å²) >= 11 is 6.09. The minimum Gasteiger partial charge on any atom is -0.347 e. The Balaban J connectivity index is 2.18. The molecule has 0 spiro atoms. The van der Waals surface area contributed by atoms with Crippen molar-refractivity contribution in [1.29, 1.82) is 0 Å². The van der Waals surface area contributed by atoms with Crippen LogP contribution >= 0.6 is 11.6 Å². The third kappa shape index (κ3) is 4.96. The van der Waals surface area contributed by atoms with E-state index in [-0.39, 0.29) is 24.1 Å². The molecule has 0 saturated carbocycles. The summed E-state index contributed by atoms with van der Waals surface area (Å²) in [6, 6.07) is 14.9. The number of hydrogen-bond donors (Lipinski definition) is 2. The minimum absolute atomic E-state index is 0.198. The van der Waals surface area contributed by atoms with Crippen molar-refractivity contribution in [3.8, 4) is 0 Å². The Labute approximate surface area is 146 Å². The van der Waals surface area contributed by atoms with Crippen molar-refractivity contribution in [2.75, 3.05) is 0 Å². The first-order chi connectivity index (χ1) is 11.5. The van der Waals surface area contributed by atoms with E-state index in [0.29, 0.717) is 5.02 Å². The van der Waals surface area contributed by atoms with E-state index in [2.05, 4.69) is 10.6 Å². The first kappa shape index (κ1) is 17.8. The van der Waals surface area contributed by atoms with Gasteiger partial charge < -0.3 is 10.6 Å². The van der Waals surface area contributed by atoms with Crippen LogP contribution < -0.4 is 10.6 Å². The second-order valence-electron chi connectivity index (χ2n) is 5.37. The lowest BCUT2D eigenvalue weighted by Gasteiger charge is -2.11. The zero-order valence-corrected chi connectivity index (χ0v) is 14.4. The highest BCUT2D eigenvalue weighted by molar-refractivity contribution is 6.31. The number of amides is 2. The Morgan fingerprint density at radius 3 is 2.42 bits per heavy atom. The van der Waals surface area contributed by atoms with Crippen LogP contribution in [-0.2, 0) is 16.1 Å². The van der Waals surface area contributed by atoms with E-state index in [0.717, 1.165) is 16.7 Å². The number of benzene rings is 2. The molecule has 0 aliphatic rings. The van der Waals surface area contributed by atoms with E-state index in [4.69, 9.17) is 11.6 Å². The largest absolute Gasteiger partial charge is 0.347 e. The Morgan fingerprint density at radius 2 is 1.75 bits per heavy atom. The van der Waals surface area contributed by atoms with Gasteiger partial charge in [0.1, 0.15) is 5.70 Å². The first-order valence-electron chi connectivity index (χ1n) is 7.54. The summed E-state index contributed by atoms with van der Waals surface area (Å²) in [5.74, 6) is -0.670. The third-order valence-electron chi connectivity index (χ3n) is 3.44. The molecule has 124 valence electrons. The van der Waals surface area contributed by atoms with Crippen LogP contribution in [0.2, 0.25) is 5.02 Å². The van der Waals surface area contributed by atoms with Crippen LogP contribution in [0.1, 0.15) is 23.6 Å². The molecule has 0 fully saturated rings. The van der Waals surface area contributed by atoms with E-state index in [1.165, 1.54) is 6.92 Å². The Kier molecular flexibility index (Phi) is 6.15. The second-order valence-corrected chi connectivity index (χ2v) is 5.78. The van der Waals surface area contributed by atoms with Crippen molar-refractivity contribution in [1.82, 2.24) is 10.6 Å². The standard InChI is InChI=1S/C19H19ClN2O2/c1-13-7-3-4-8-15(13)11-18(22-14(2)23)19(24)21-12-16-9-5-6-10-17(16)20/h3-11H,12H2,1-2H3,(H,21,24)(H,22,23)/b18-11-. The fourth-order valence-electron chi connectivity index (χ4n) is 2.16. The van der Waals surface area contributed by atoms with E-state index >= 15 is 0 Å². The lowest BCUT2D eigenvalue weighted by molar-refractivity contribution is -0.122. The average Bonchev–Trinajstić information content (AvgIpc) is 2.55. The molecule has 0 saturated heterocycles. The van der Waals surface area contributed by atoms with Gasteiger partial charge in [-0.1, -0.05) is 54.1 Å². The van der Waals surface area contributed by atoms with Crippen molar-refractivity contribution < 1.29 is 9.59 Å². The van der Waals surface area contributed by atoms with E-state index in [9.17, 15) is 9.59 Å². The number of aryl methyl sites for hydroxylation is 1. The highest BCUT2D eigenvalue weighted by atomic mass is 35.5. The van der Waals surface area contributed by atoms with Gasteiger partial charge in [-0.15, -0.1) is 0 Å². The second kappa shape index (κ2) is 8.31. The van der Waals surface area contributed by atoms with Crippen LogP contribution in [0.3, 0.4) is 0 Å². The van der Waals surface area contributed by atoms with E-state index < -0.39 is 0 Å². The molecule has 0 aromatic heterocycles. The summed E-state index contributed by atoms with van der Waals surface area (Å²) in [6.07, 6.45) is 1.67. The van der Waals surface area contributed by atoms with Crippen molar-refractivity contribution in [3.05, 3.63) is 75.9 Å². The smallest absolute Gasteiger partial charge is 0.268 e. The Morgan fingerprint density at radius 1 is 1.08 bits per heavy atom. The minimum atomic E-state index is -0.367. The van der Waals surface area contributed by atoms with Gasteiger partial charge in [-0.3, -0.25) is 9.59 Å². The fourth-order valence-corrected chi connectivity index (χ4v) is 2.37. The third-order valence-corrected chi connectivity index (χ3v) is 3.81. The van der Waals surface area contributed by atoms with Gasteiger partial charge in [-0.05, 0) is 35.8 Å². The summed E-state index contributed by atoms with van der Waals surface area (Å²) in [5, 5.41) is 5.95. The molecule has 0 aliphatic carbocycles. The molecule has 4 nitrogen and oxygen atoms in total. The van der Waals surface area contributed by atoms with E-state index in [1.807, 2.05) is 49.4 Å². The van der Waals surface area contributed by atoms with Crippen molar-refractivity contribution in [2.45, 2.75) is 20.4 Å². The fraction of sp³-hybridized carbons (Fsp3) is 0.158. The molecule has 0 radical (unpaired) electrons. The number of hydrogen-bond acceptors (Lipinski definition) is 2. The van der Waals surface area contributed by atoms with Crippen molar-refractivity contribution >= 4 is 29.5 Å². The van der Waals surface area contributed by atoms with Gasteiger partial charge in [0.2, 0.25) is 5.91 Å². The summed E-state index contributed by atoms with van der Waals surface area (Å²) in [4.78, 5) is 23.9. The number of carbonyl (C=O) groups excluding carboxylic acids is 2. The Hall–Kier alpha value is -2.59. The van der Waals surface area contributed by atoms with Gasteiger partial charge in [0.15, 0.2) is 0 Å². The quantitative estimate of drug-likeness (QED) is 0.818. The maximum Gasteiger partial charge on any atom is 0.268 e. The van der Waals surface area contributed by atoms with Crippen LogP contribution in [0.5, 0.6) is 0 Å². The maximum atomic E-state index is 12.4. The molecule has 0 unspecified atom stereocenters. The number of nitrogens with one attached hydrogen (secondary N) is 2. The molecule has 0 atom stereocenters. The zero-order chi connectivity index (χ0) is 17.5. The van der Waals surface area contributed by atoms with Crippen LogP contribution in [0.25, 0.3) is 6.08 Å². The normalized spacial score (nSPS) is 11.0. The van der Waals surface area contributed by atoms with Crippen LogP contribution in [0.4, 0.5) is 0 Å². The topological polar surface area (TPSA) is 58.2 Å². The molecule has 24 heavy (non-hydrogen) atoms. The monoisotopic (exact) mass is 342 g/mol. The molecule has 2 amide bonds. The number of halogens is 1. The van der Waals surface area contributed by atoms with Gasteiger partial charge in [0.25, 0.3) is 5.91 Å². The molecule has 0 bridgehead atoms. The number of rotatable bonds is 5. The number of carbonyl (C=O) groups is 2. The van der Waals surface area contributed by atoms with Crippen LogP contribution in [0.15, 0.2) is 54.2 Å². The highest BCUT2D eigenvalue weighted by Crippen LogP contribution is 2.15. The molecule has 2 aromatic rings. The van der Waals surface area contributed by atoms with Crippen molar-refractivity contribution in [3.63, 3.8) is 0 Å². The molecule has 0 aliphatic heterocycles. The van der Waals surface area contributed by atoms with Gasteiger partial charge >= 0.3 is 0 Å². The van der Waals surface area contributed by atoms with Crippen LogP contribution in [0, 0.1) is 6.92 Å². The van der Waals surface area contributed by atoms with Crippen molar-refractivity contribution in [2.24, 2.45) is 0 Å². The summed E-state index contributed by atoms with van der Waals surface area (Å²) < 4.78 is 0. The average molecular weight is 343 g/mol. The summed E-state index contributed by atoms with van der Waals surface area (Å²) in [6.45, 7) is 3.59. The van der Waals surface area contributed by atoms with E-state index in [1.54, 1.807) is 12.1 Å². The molecule has 2 N–H and O–H groups in total. The summed E-state index contributed by atoms with van der Waals surface area (Å²) in [5.41, 5.74) is 2.89. The van der Waals surface area contributed by atoms with Gasteiger partial charge in [-0.2, -0.15) is 0 Å². The lowest BCUT2D eigenvalue weighted by Crippen LogP contribution is -2.33. The van der Waals surface area contributed by atoms with Gasteiger partial charge in [0, 0.05) is 18.5 Å². The maximum absolute atomic E-state index is 12.4. The molecular weight excluding hydrogens is 324 g/mol.